The van der Waals surface area contributed by atoms with Gasteiger partial charge in [-0.3, -0.25) is 4.79 Å². The number of hydrogen-bond acceptors (Lipinski definition) is 7. The number of ether oxygens (including phenoxy) is 2. The molecule has 0 aliphatic carbocycles. The minimum absolute atomic E-state index is 0.0767. The average molecular weight is 698 g/mol. The highest BCUT2D eigenvalue weighted by Gasteiger charge is 2.30. The van der Waals surface area contributed by atoms with Crippen LogP contribution in [0.4, 0.5) is 28.4 Å². The molecule has 0 unspecified atom stereocenters. The molecule has 1 aromatic heterocycles. The van der Waals surface area contributed by atoms with Crippen molar-refractivity contribution in [1.82, 2.24) is 10.4 Å². The maximum absolute atomic E-state index is 13.5. The first-order valence-electron chi connectivity index (χ1n) is 12.1. The molecular weight excluding hydrogens is 675 g/mol. The predicted molar refractivity (Wildman–Crippen MR) is 157 cm³/mol. The Morgan fingerprint density at radius 3 is 2.68 bits per heavy atom. The number of nitrogens with zero attached hydrogens (tertiary/aromatic N) is 2. The van der Waals surface area contributed by atoms with Gasteiger partial charge in [-0.1, -0.05) is 18.2 Å². The van der Waals surface area contributed by atoms with Crippen LogP contribution in [0.5, 0.6) is 11.5 Å². The van der Waals surface area contributed by atoms with Crippen LogP contribution in [0.2, 0.25) is 0 Å². The number of anilines is 2. The SMILES string of the molecule is CCOc1cc(/C=N\NC(=O)Cc2csc(Nc3cccc(C(F)(F)F)c3)n2)cc(I)c1OCc1cccc(F)c1. The quantitative estimate of drug-likeness (QED) is 0.0743. The Kier molecular flexibility index (Phi) is 10.2. The highest BCUT2D eigenvalue weighted by Crippen LogP contribution is 2.35. The zero-order valence-electron chi connectivity index (χ0n) is 21.5. The lowest BCUT2D eigenvalue weighted by Gasteiger charge is -2.14. The normalized spacial score (nSPS) is 11.5. The summed E-state index contributed by atoms with van der Waals surface area (Å²) in [5, 5.41) is 8.83. The molecule has 0 atom stereocenters. The fraction of sp³-hybridized carbons (Fsp3) is 0.179. The van der Waals surface area contributed by atoms with Crippen LogP contribution in [0.3, 0.4) is 0 Å². The van der Waals surface area contributed by atoms with Gasteiger partial charge >= 0.3 is 6.18 Å². The number of carbonyl (C=O) groups is 1. The van der Waals surface area contributed by atoms with Crippen molar-refractivity contribution in [2.75, 3.05) is 11.9 Å². The van der Waals surface area contributed by atoms with Crippen LogP contribution in [-0.4, -0.2) is 23.7 Å². The summed E-state index contributed by atoms with van der Waals surface area (Å²) < 4.78 is 64.7. The van der Waals surface area contributed by atoms with E-state index in [1.54, 1.807) is 29.6 Å². The lowest BCUT2D eigenvalue weighted by molar-refractivity contribution is -0.137. The fourth-order valence-corrected chi connectivity index (χ4v) is 5.08. The number of alkyl halides is 3. The van der Waals surface area contributed by atoms with Crippen LogP contribution in [0, 0.1) is 9.39 Å². The Balaban J connectivity index is 1.34. The number of halogens is 5. The van der Waals surface area contributed by atoms with E-state index in [1.807, 2.05) is 6.92 Å². The van der Waals surface area contributed by atoms with Crippen molar-refractivity contribution >= 4 is 56.9 Å². The van der Waals surface area contributed by atoms with Gasteiger partial charge in [-0.25, -0.2) is 14.8 Å². The van der Waals surface area contributed by atoms with Gasteiger partial charge in [0.25, 0.3) is 0 Å². The number of aromatic nitrogens is 1. The fourth-order valence-electron chi connectivity index (χ4n) is 3.57. The van der Waals surface area contributed by atoms with E-state index in [1.165, 1.54) is 41.8 Å². The van der Waals surface area contributed by atoms with Gasteiger partial charge in [0.15, 0.2) is 16.6 Å². The molecule has 41 heavy (non-hydrogen) atoms. The molecule has 13 heteroatoms. The summed E-state index contributed by atoms with van der Waals surface area (Å²) in [6, 6.07) is 14.4. The first-order chi connectivity index (χ1) is 19.6. The molecule has 7 nitrogen and oxygen atoms in total. The summed E-state index contributed by atoms with van der Waals surface area (Å²) in [7, 11) is 0. The largest absolute Gasteiger partial charge is 0.490 e. The van der Waals surface area contributed by atoms with E-state index >= 15 is 0 Å². The highest BCUT2D eigenvalue weighted by molar-refractivity contribution is 14.1. The monoisotopic (exact) mass is 698 g/mol. The van der Waals surface area contributed by atoms with Crippen LogP contribution >= 0.6 is 33.9 Å². The topological polar surface area (TPSA) is 84.8 Å². The Labute approximate surface area is 250 Å². The van der Waals surface area contributed by atoms with Crippen LogP contribution in [0.15, 0.2) is 71.1 Å². The lowest BCUT2D eigenvalue weighted by Crippen LogP contribution is -2.20. The van der Waals surface area contributed by atoms with Crippen LogP contribution in [0.1, 0.15) is 29.3 Å². The second-order valence-corrected chi connectivity index (χ2v) is 10.5. The van der Waals surface area contributed by atoms with Gasteiger partial charge < -0.3 is 14.8 Å². The van der Waals surface area contributed by atoms with Crippen LogP contribution < -0.4 is 20.2 Å². The van der Waals surface area contributed by atoms with E-state index < -0.39 is 17.6 Å². The summed E-state index contributed by atoms with van der Waals surface area (Å²) in [5.41, 5.74) is 3.67. The van der Waals surface area contributed by atoms with Gasteiger partial charge in [0.05, 0.1) is 34.1 Å². The van der Waals surface area contributed by atoms with Crippen molar-refractivity contribution in [3.05, 3.63) is 97.8 Å². The molecule has 4 rings (SSSR count). The van der Waals surface area contributed by atoms with Crippen molar-refractivity contribution in [2.45, 2.75) is 26.1 Å². The number of amides is 1. The Morgan fingerprint density at radius 1 is 1.12 bits per heavy atom. The second-order valence-electron chi connectivity index (χ2n) is 8.50. The number of hydrazone groups is 1. The molecule has 2 N–H and O–H groups in total. The number of benzene rings is 3. The van der Waals surface area contributed by atoms with E-state index in [-0.39, 0.29) is 24.5 Å². The standard InChI is InChI=1S/C28H23F4IN4O3S/c1-2-39-24-11-18(10-23(33)26(24)40-15-17-5-3-7-20(29)9-17)14-34-37-25(38)13-22-16-41-27(36-22)35-21-8-4-6-19(12-21)28(30,31)32/h3-12,14,16H,2,13,15H2,1H3,(H,35,36)(H,37,38)/b34-14-. The Morgan fingerprint density at radius 2 is 1.93 bits per heavy atom. The third-order valence-corrected chi connectivity index (χ3v) is 6.95. The second kappa shape index (κ2) is 13.8. The molecule has 0 saturated heterocycles. The molecule has 0 saturated carbocycles. The summed E-state index contributed by atoms with van der Waals surface area (Å²) in [6.07, 6.45) is -3.07. The smallest absolute Gasteiger partial charge is 0.416 e. The van der Waals surface area contributed by atoms with Gasteiger partial charge in [0, 0.05) is 11.1 Å². The van der Waals surface area contributed by atoms with Crippen LogP contribution in [0.25, 0.3) is 0 Å². The molecule has 0 aliphatic rings. The van der Waals surface area contributed by atoms with E-state index in [4.69, 9.17) is 9.47 Å². The van der Waals surface area contributed by atoms with E-state index in [0.29, 0.717) is 40.1 Å². The third-order valence-electron chi connectivity index (χ3n) is 5.34. The summed E-state index contributed by atoms with van der Waals surface area (Å²) in [6.45, 7) is 2.39. The lowest BCUT2D eigenvalue weighted by atomic mass is 10.2. The van der Waals surface area contributed by atoms with E-state index in [2.05, 4.69) is 43.4 Å². The molecule has 4 aromatic rings. The van der Waals surface area contributed by atoms with Crippen molar-refractivity contribution in [3.8, 4) is 11.5 Å². The van der Waals surface area contributed by atoms with Crippen molar-refractivity contribution in [2.24, 2.45) is 5.10 Å². The number of thiazole rings is 1. The molecule has 1 amide bonds. The zero-order chi connectivity index (χ0) is 29.4. The predicted octanol–water partition coefficient (Wildman–Crippen LogP) is 7.32. The third kappa shape index (κ3) is 8.88. The minimum Gasteiger partial charge on any atom is -0.490 e. The maximum Gasteiger partial charge on any atom is 0.416 e. The molecule has 0 radical (unpaired) electrons. The van der Waals surface area contributed by atoms with Gasteiger partial charge in [0.2, 0.25) is 5.91 Å². The summed E-state index contributed by atoms with van der Waals surface area (Å²) in [5.74, 6) is 0.219. The Hall–Kier alpha value is -3.72. The highest BCUT2D eigenvalue weighted by atomic mass is 127. The first-order valence-corrected chi connectivity index (χ1v) is 14.1. The average Bonchev–Trinajstić information content (AvgIpc) is 3.34. The van der Waals surface area contributed by atoms with Gasteiger partial charge in [-0.15, -0.1) is 11.3 Å². The van der Waals surface area contributed by atoms with Crippen molar-refractivity contribution in [1.29, 1.82) is 0 Å². The number of rotatable bonds is 11. The maximum atomic E-state index is 13.5. The van der Waals surface area contributed by atoms with Crippen LogP contribution in [-0.2, 0) is 24.0 Å². The summed E-state index contributed by atoms with van der Waals surface area (Å²) in [4.78, 5) is 16.6. The van der Waals surface area contributed by atoms with Gasteiger partial charge in [0.1, 0.15) is 12.4 Å². The molecule has 3 aromatic carbocycles. The molecule has 0 spiro atoms. The van der Waals surface area contributed by atoms with Crippen molar-refractivity contribution < 1.29 is 31.8 Å². The molecule has 1 heterocycles. The summed E-state index contributed by atoms with van der Waals surface area (Å²) >= 11 is 3.27. The minimum atomic E-state index is -4.45. The first kappa shape index (κ1) is 30.2. The van der Waals surface area contributed by atoms with Gasteiger partial charge in [-0.2, -0.15) is 18.3 Å². The number of carbonyl (C=O) groups excluding carboxylic acids is 1. The van der Waals surface area contributed by atoms with Gasteiger partial charge in [-0.05, 0) is 83.1 Å². The molecular formula is C28H23F4IN4O3S. The van der Waals surface area contributed by atoms with E-state index in [0.717, 1.165) is 15.7 Å². The van der Waals surface area contributed by atoms with Crippen molar-refractivity contribution in [3.63, 3.8) is 0 Å². The Bertz CT molecular complexity index is 1550. The zero-order valence-corrected chi connectivity index (χ0v) is 24.4. The molecule has 214 valence electrons. The molecule has 0 fully saturated rings. The molecule has 0 bridgehead atoms. The number of nitrogens with one attached hydrogen (secondary N) is 2. The van der Waals surface area contributed by atoms with E-state index in [9.17, 15) is 22.4 Å². The molecule has 0 aliphatic heterocycles. The number of hydrogen-bond donors (Lipinski definition) is 2.